The van der Waals surface area contributed by atoms with Gasteiger partial charge in [0.2, 0.25) is 0 Å². The molecule has 0 aromatic heterocycles. The van der Waals surface area contributed by atoms with Gasteiger partial charge in [-0.3, -0.25) is 0 Å². The van der Waals surface area contributed by atoms with Gasteiger partial charge in [-0.1, -0.05) is 30.3 Å². The molecular formula is C26H36N4O. The van der Waals surface area contributed by atoms with Crippen LogP contribution in [0.15, 0.2) is 54.6 Å². The second kappa shape index (κ2) is 10.0. The van der Waals surface area contributed by atoms with Crippen LogP contribution in [-0.2, 0) is 4.74 Å². The molecule has 2 aromatic rings. The molecule has 0 spiro atoms. The summed E-state index contributed by atoms with van der Waals surface area (Å²) in [7, 11) is 0. The first kappa shape index (κ1) is 20.8. The Morgan fingerprint density at radius 2 is 1.61 bits per heavy atom. The first-order valence-corrected chi connectivity index (χ1v) is 12.1. The minimum absolute atomic E-state index is 0.690. The lowest BCUT2D eigenvalue weighted by Gasteiger charge is -2.32. The molecule has 5 nitrogen and oxygen atoms in total. The zero-order chi connectivity index (χ0) is 20.9. The Kier molecular flexibility index (Phi) is 6.73. The predicted octanol–water partition coefficient (Wildman–Crippen LogP) is 3.55. The number of hydrogen-bond acceptors (Lipinski definition) is 5. The van der Waals surface area contributed by atoms with Crippen molar-refractivity contribution in [3.63, 3.8) is 0 Å². The predicted molar refractivity (Wildman–Crippen MR) is 128 cm³/mol. The molecule has 1 aliphatic carbocycles. The SMILES string of the molecule is c1ccc([C@@H]2C[C@H]2NC2CCN(CCNc3ccc(N4CCOCC4)cc3)CC2)cc1. The number of hydrogen-bond donors (Lipinski definition) is 2. The summed E-state index contributed by atoms with van der Waals surface area (Å²) in [5, 5.41) is 7.52. The Bertz CT molecular complexity index is 798. The van der Waals surface area contributed by atoms with Crippen LogP contribution in [0.1, 0.15) is 30.7 Å². The fourth-order valence-electron chi connectivity index (χ4n) is 5.04. The number of piperidine rings is 1. The van der Waals surface area contributed by atoms with Crippen molar-refractivity contribution in [2.75, 3.05) is 62.7 Å². The molecule has 1 saturated carbocycles. The summed E-state index contributed by atoms with van der Waals surface area (Å²) in [6.07, 6.45) is 3.84. The lowest BCUT2D eigenvalue weighted by atomic mass is 10.0. The molecule has 31 heavy (non-hydrogen) atoms. The molecule has 0 radical (unpaired) electrons. The van der Waals surface area contributed by atoms with Gasteiger partial charge >= 0.3 is 0 Å². The lowest BCUT2D eigenvalue weighted by molar-refractivity contribution is 0.122. The molecule has 3 fully saturated rings. The number of ether oxygens (including phenoxy) is 1. The molecule has 0 unspecified atom stereocenters. The van der Waals surface area contributed by atoms with E-state index in [-0.39, 0.29) is 0 Å². The Morgan fingerprint density at radius 3 is 2.35 bits per heavy atom. The average Bonchev–Trinajstić information content (AvgIpc) is 3.61. The number of benzene rings is 2. The van der Waals surface area contributed by atoms with Gasteiger partial charge in [-0.25, -0.2) is 0 Å². The van der Waals surface area contributed by atoms with Crippen molar-refractivity contribution in [1.82, 2.24) is 10.2 Å². The van der Waals surface area contributed by atoms with Gasteiger partial charge in [0, 0.05) is 55.6 Å². The Labute approximate surface area is 186 Å². The Morgan fingerprint density at radius 1 is 0.871 bits per heavy atom. The third-order valence-corrected chi connectivity index (χ3v) is 7.06. The van der Waals surface area contributed by atoms with Gasteiger partial charge in [-0.2, -0.15) is 0 Å². The molecule has 5 heteroatoms. The fourth-order valence-corrected chi connectivity index (χ4v) is 5.04. The molecule has 2 heterocycles. The average molecular weight is 421 g/mol. The van der Waals surface area contributed by atoms with Crippen LogP contribution in [-0.4, -0.2) is 69.5 Å². The van der Waals surface area contributed by atoms with Gasteiger partial charge in [0.1, 0.15) is 0 Å². The van der Waals surface area contributed by atoms with Gasteiger partial charge in [0.05, 0.1) is 13.2 Å². The van der Waals surface area contributed by atoms with Crippen LogP contribution >= 0.6 is 0 Å². The van der Waals surface area contributed by atoms with Crippen molar-refractivity contribution in [2.24, 2.45) is 0 Å². The van der Waals surface area contributed by atoms with Gasteiger partial charge in [-0.15, -0.1) is 0 Å². The quantitative estimate of drug-likeness (QED) is 0.684. The molecular weight excluding hydrogens is 384 g/mol. The van der Waals surface area contributed by atoms with Crippen LogP contribution in [0, 0.1) is 0 Å². The van der Waals surface area contributed by atoms with E-state index in [4.69, 9.17) is 4.74 Å². The highest BCUT2D eigenvalue weighted by molar-refractivity contribution is 5.55. The molecule has 2 saturated heterocycles. The van der Waals surface area contributed by atoms with E-state index < -0.39 is 0 Å². The first-order valence-electron chi connectivity index (χ1n) is 12.1. The zero-order valence-electron chi connectivity index (χ0n) is 18.5. The number of rotatable bonds is 8. The summed E-state index contributed by atoms with van der Waals surface area (Å²) in [5.41, 5.74) is 4.02. The van der Waals surface area contributed by atoms with Crippen molar-refractivity contribution >= 4 is 11.4 Å². The summed E-state index contributed by atoms with van der Waals surface area (Å²) < 4.78 is 5.44. The van der Waals surface area contributed by atoms with Crippen LogP contribution in [0.4, 0.5) is 11.4 Å². The summed E-state index contributed by atoms with van der Waals surface area (Å²) in [4.78, 5) is 5.00. The summed E-state index contributed by atoms with van der Waals surface area (Å²) in [6, 6.07) is 21.2. The maximum atomic E-state index is 5.44. The van der Waals surface area contributed by atoms with Crippen molar-refractivity contribution in [2.45, 2.75) is 37.3 Å². The molecule has 3 aliphatic rings. The third kappa shape index (κ3) is 5.59. The highest BCUT2D eigenvalue weighted by Gasteiger charge is 2.39. The van der Waals surface area contributed by atoms with E-state index in [0.29, 0.717) is 12.1 Å². The normalized spacial score (nSPS) is 24.8. The maximum Gasteiger partial charge on any atom is 0.0642 e. The van der Waals surface area contributed by atoms with Crippen LogP contribution in [0.5, 0.6) is 0 Å². The van der Waals surface area contributed by atoms with Crippen molar-refractivity contribution in [1.29, 1.82) is 0 Å². The van der Waals surface area contributed by atoms with Crippen molar-refractivity contribution < 1.29 is 4.74 Å². The summed E-state index contributed by atoms with van der Waals surface area (Å²) in [6.45, 7) is 8.19. The van der Waals surface area contributed by atoms with E-state index in [2.05, 4.69) is 75.0 Å². The number of nitrogens with one attached hydrogen (secondary N) is 2. The van der Waals surface area contributed by atoms with Gasteiger partial charge in [0.25, 0.3) is 0 Å². The number of likely N-dealkylation sites (tertiary alicyclic amines) is 1. The molecule has 0 bridgehead atoms. The second-order valence-corrected chi connectivity index (χ2v) is 9.22. The maximum absolute atomic E-state index is 5.44. The van der Waals surface area contributed by atoms with Gasteiger partial charge in [-0.05, 0) is 62.2 Å². The minimum Gasteiger partial charge on any atom is -0.384 e. The molecule has 2 aliphatic heterocycles. The van der Waals surface area contributed by atoms with Crippen molar-refractivity contribution in [3.8, 4) is 0 Å². The fraction of sp³-hybridized carbons (Fsp3) is 0.538. The van der Waals surface area contributed by atoms with E-state index in [1.807, 2.05) is 0 Å². The minimum atomic E-state index is 0.690. The van der Waals surface area contributed by atoms with E-state index in [1.54, 1.807) is 0 Å². The first-order chi connectivity index (χ1) is 15.3. The highest BCUT2D eigenvalue weighted by atomic mass is 16.5. The summed E-state index contributed by atoms with van der Waals surface area (Å²) in [5.74, 6) is 0.734. The van der Waals surface area contributed by atoms with Crippen LogP contribution in [0.2, 0.25) is 0 Å². The van der Waals surface area contributed by atoms with Crippen LogP contribution < -0.4 is 15.5 Å². The standard InChI is InChI=1S/C26H36N4O/c1-2-4-21(5-3-1)25-20-26(25)28-23-10-13-29(14-11-23)15-12-27-22-6-8-24(9-7-22)30-16-18-31-19-17-30/h1-9,23,25-28H,10-20H2/t25-,26+/m0/s1. The molecule has 166 valence electrons. The monoisotopic (exact) mass is 420 g/mol. The lowest BCUT2D eigenvalue weighted by Crippen LogP contribution is -2.44. The molecule has 5 rings (SSSR count). The highest BCUT2D eigenvalue weighted by Crippen LogP contribution is 2.41. The molecule has 0 amide bonds. The second-order valence-electron chi connectivity index (χ2n) is 9.22. The molecule has 2 N–H and O–H groups in total. The summed E-state index contributed by atoms with van der Waals surface area (Å²) >= 11 is 0. The van der Waals surface area contributed by atoms with Gasteiger partial charge < -0.3 is 25.2 Å². The molecule has 2 atom stereocenters. The Balaban J connectivity index is 0.982. The zero-order valence-corrected chi connectivity index (χ0v) is 18.5. The van der Waals surface area contributed by atoms with E-state index in [0.717, 1.165) is 45.3 Å². The number of anilines is 2. The van der Waals surface area contributed by atoms with E-state index >= 15 is 0 Å². The number of nitrogens with zero attached hydrogens (tertiary/aromatic N) is 2. The molecule has 2 aromatic carbocycles. The van der Waals surface area contributed by atoms with Crippen LogP contribution in [0.3, 0.4) is 0 Å². The Hall–Kier alpha value is -2.08. The van der Waals surface area contributed by atoms with E-state index in [9.17, 15) is 0 Å². The number of morpholine rings is 1. The van der Waals surface area contributed by atoms with E-state index in [1.165, 1.54) is 49.3 Å². The largest absolute Gasteiger partial charge is 0.384 e. The van der Waals surface area contributed by atoms with Crippen LogP contribution in [0.25, 0.3) is 0 Å². The smallest absolute Gasteiger partial charge is 0.0642 e. The third-order valence-electron chi connectivity index (χ3n) is 7.06. The van der Waals surface area contributed by atoms with Crippen molar-refractivity contribution in [3.05, 3.63) is 60.2 Å². The van der Waals surface area contributed by atoms with Gasteiger partial charge in [0.15, 0.2) is 0 Å². The topological polar surface area (TPSA) is 39.8 Å².